The van der Waals surface area contributed by atoms with E-state index in [1.807, 2.05) is 61.1 Å². The molecule has 0 saturated heterocycles. The number of H-pyrrole nitrogens is 1. The van der Waals surface area contributed by atoms with E-state index < -0.39 is 0 Å². The van der Waals surface area contributed by atoms with Gasteiger partial charge in [0.2, 0.25) is 0 Å². The third kappa shape index (κ3) is 3.30. The summed E-state index contributed by atoms with van der Waals surface area (Å²) in [4.78, 5) is 12.2. The van der Waals surface area contributed by atoms with E-state index in [2.05, 4.69) is 31.7 Å². The summed E-state index contributed by atoms with van der Waals surface area (Å²) < 4.78 is 7.89. The van der Waals surface area contributed by atoms with Crippen LogP contribution in [-0.2, 0) is 6.54 Å². The first kappa shape index (κ1) is 15.2. The number of ether oxygens (including phenoxy) is 1. The Kier molecular flexibility index (Phi) is 4.29. The number of para-hydroxylation sites is 1. The van der Waals surface area contributed by atoms with Crippen LogP contribution >= 0.6 is 0 Å². The second-order valence-corrected chi connectivity index (χ2v) is 5.60. The maximum atomic E-state index is 5.82. The number of nitrogens with one attached hydrogen (secondary N) is 1. The van der Waals surface area contributed by atoms with Crippen molar-refractivity contribution >= 4 is 0 Å². The van der Waals surface area contributed by atoms with Gasteiger partial charge < -0.3 is 14.3 Å². The first-order valence-corrected chi connectivity index (χ1v) is 8.20. The van der Waals surface area contributed by atoms with Crippen LogP contribution in [-0.4, -0.2) is 26.1 Å². The summed E-state index contributed by atoms with van der Waals surface area (Å²) in [7, 11) is 0. The molecule has 124 valence electrons. The molecule has 0 bridgehead atoms. The molecule has 0 radical (unpaired) electrons. The second-order valence-electron chi connectivity index (χ2n) is 5.60. The second kappa shape index (κ2) is 7.05. The molecule has 5 nitrogen and oxygen atoms in total. The number of aromatic nitrogens is 4. The minimum Gasteiger partial charge on any atom is -0.492 e. The number of aromatic amines is 1. The van der Waals surface area contributed by atoms with Crippen molar-refractivity contribution in [2.75, 3.05) is 6.61 Å². The molecule has 4 rings (SSSR count). The molecular formula is C20H18N4O. The summed E-state index contributed by atoms with van der Waals surface area (Å²) in [5.74, 6) is 1.67. The topological polar surface area (TPSA) is 55.7 Å². The Morgan fingerprint density at radius 1 is 0.920 bits per heavy atom. The number of benzene rings is 2. The van der Waals surface area contributed by atoms with Gasteiger partial charge in [-0.3, -0.25) is 0 Å². The van der Waals surface area contributed by atoms with Crippen molar-refractivity contribution in [1.82, 2.24) is 19.5 Å². The van der Waals surface area contributed by atoms with Gasteiger partial charge in [-0.15, -0.1) is 0 Å². The molecule has 1 N–H and O–H groups in total. The van der Waals surface area contributed by atoms with Crippen LogP contribution in [0.15, 0.2) is 79.4 Å². The Hall–Kier alpha value is -3.34. The van der Waals surface area contributed by atoms with Crippen LogP contribution in [0.25, 0.3) is 22.8 Å². The third-order valence-corrected chi connectivity index (χ3v) is 3.95. The maximum absolute atomic E-state index is 5.82. The van der Waals surface area contributed by atoms with Gasteiger partial charge in [0, 0.05) is 18.0 Å². The molecule has 2 heterocycles. The standard InChI is InChI=1S/C20H18N4O/c1-3-7-16(8-4-1)18-19(20-21-11-12-22-20)24(15-23-18)13-14-25-17-9-5-2-6-10-17/h1-12,15H,13-14H2,(H,21,22). The summed E-state index contributed by atoms with van der Waals surface area (Å²) in [5, 5.41) is 0. The maximum Gasteiger partial charge on any atom is 0.156 e. The van der Waals surface area contributed by atoms with E-state index in [9.17, 15) is 0 Å². The quantitative estimate of drug-likeness (QED) is 0.581. The predicted octanol–water partition coefficient (Wildman–Crippen LogP) is 4.02. The van der Waals surface area contributed by atoms with Crippen LogP contribution in [0.1, 0.15) is 0 Å². The molecule has 0 aliphatic heterocycles. The van der Waals surface area contributed by atoms with E-state index in [0.717, 1.165) is 28.5 Å². The molecule has 0 fully saturated rings. The zero-order chi connectivity index (χ0) is 16.9. The summed E-state index contributed by atoms with van der Waals surface area (Å²) in [6.45, 7) is 1.24. The zero-order valence-electron chi connectivity index (χ0n) is 13.7. The van der Waals surface area contributed by atoms with Gasteiger partial charge in [-0.2, -0.15) is 0 Å². The van der Waals surface area contributed by atoms with E-state index in [4.69, 9.17) is 4.74 Å². The van der Waals surface area contributed by atoms with Gasteiger partial charge in [0.15, 0.2) is 5.82 Å². The molecule has 2 aromatic carbocycles. The van der Waals surface area contributed by atoms with Crippen LogP contribution in [0.3, 0.4) is 0 Å². The molecule has 0 amide bonds. The highest BCUT2D eigenvalue weighted by Crippen LogP contribution is 2.28. The highest BCUT2D eigenvalue weighted by Gasteiger charge is 2.16. The Bertz CT molecular complexity index is 915. The molecule has 0 unspecified atom stereocenters. The monoisotopic (exact) mass is 330 g/mol. The minimum absolute atomic E-state index is 0.558. The van der Waals surface area contributed by atoms with Gasteiger partial charge in [0.05, 0.1) is 18.6 Å². The lowest BCUT2D eigenvalue weighted by atomic mass is 10.1. The Morgan fingerprint density at radius 2 is 1.68 bits per heavy atom. The van der Waals surface area contributed by atoms with Gasteiger partial charge in [-0.05, 0) is 12.1 Å². The van der Waals surface area contributed by atoms with E-state index >= 15 is 0 Å². The first-order valence-electron chi connectivity index (χ1n) is 8.20. The minimum atomic E-state index is 0.558. The summed E-state index contributed by atoms with van der Waals surface area (Å²) >= 11 is 0. The fraction of sp³-hybridized carbons (Fsp3) is 0.100. The zero-order valence-corrected chi connectivity index (χ0v) is 13.7. The lowest BCUT2D eigenvalue weighted by molar-refractivity contribution is 0.299. The van der Waals surface area contributed by atoms with Crippen LogP contribution in [0.2, 0.25) is 0 Å². The molecule has 0 atom stereocenters. The average Bonchev–Trinajstić information content (AvgIpc) is 3.33. The van der Waals surface area contributed by atoms with Gasteiger partial charge in [-0.25, -0.2) is 9.97 Å². The Labute approximate surface area is 146 Å². The van der Waals surface area contributed by atoms with Crippen molar-refractivity contribution < 1.29 is 4.74 Å². The van der Waals surface area contributed by atoms with Gasteiger partial charge in [0.25, 0.3) is 0 Å². The van der Waals surface area contributed by atoms with E-state index in [1.165, 1.54) is 0 Å². The van der Waals surface area contributed by atoms with Crippen molar-refractivity contribution in [1.29, 1.82) is 0 Å². The third-order valence-electron chi connectivity index (χ3n) is 3.95. The molecule has 0 saturated carbocycles. The predicted molar refractivity (Wildman–Crippen MR) is 97.2 cm³/mol. The van der Waals surface area contributed by atoms with Crippen LogP contribution in [0.5, 0.6) is 5.75 Å². The number of rotatable bonds is 6. The average molecular weight is 330 g/mol. The molecular weight excluding hydrogens is 312 g/mol. The summed E-state index contributed by atoms with van der Waals surface area (Å²) in [6.07, 6.45) is 5.42. The lowest BCUT2D eigenvalue weighted by Gasteiger charge is -2.10. The van der Waals surface area contributed by atoms with Crippen molar-refractivity contribution in [3.05, 3.63) is 79.4 Å². The molecule has 4 aromatic rings. The van der Waals surface area contributed by atoms with Crippen LogP contribution in [0, 0.1) is 0 Å². The van der Waals surface area contributed by atoms with E-state index in [-0.39, 0.29) is 0 Å². The highest BCUT2D eigenvalue weighted by atomic mass is 16.5. The molecule has 2 aromatic heterocycles. The number of hydrogen-bond acceptors (Lipinski definition) is 3. The fourth-order valence-corrected chi connectivity index (χ4v) is 2.78. The normalized spacial score (nSPS) is 10.7. The Morgan fingerprint density at radius 3 is 2.40 bits per heavy atom. The smallest absolute Gasteiger partial charge is 0.156 e. The van der Waals surface area contributed by atoms with E-state index in [1.54, 1.807) is 6.20 Å². The van der Waals surface area contributed by atoms with Gasteiger partial charge in [-0.1, -0.05) is 48.5 Å². The van der Waals surface area contributed by atoms with E-state index in [0.29, 0.717) is 13.2 Å². The SMILES string of the molecule is c1ccc(OCCn2cnc(-c3ccccc3)c2-c2ncc[nH]2)cc1. The molecule has 5 heteroatoms. The number of imidazole rings is 2. The number of hydrogen-bond donors (Lipinski definition) is 1. The molecule has 0 aliphatic carbocycles. The summed E-state index contributed by atoms with van der Waals surface area (Å²) in [5.41, 5.74) is 2.94. The first-order chi connectivity index (χ1) is 12.4. The molecule has 0 aliphatic rings. The molecule has 25 heavy (non-hydrogen) atoms. The van der Waals surface area contributed by atoms with Gasteiger partial charge >= 0.3 is 0 Å². The lowest BCUT2D eigenvalue weighted by Crippen LogP contribution is -2.09. The number of nitrogens with zero attached hydrogens (tertiary/aromatic N) is 3. The largest absolute Gasteiger partial charge is 0.492 e. The van der Waals surface area contributed by atoms with Crippen LogP contribution < -0.4 is 4.74 Å². The van der Waals surface area contributed by atoms with Crippen LogP contribution in [0.4, 0.5) is 0 Å². The van der Waals surface area contributed by atoms with Crippen molar-refractivity contribution in [2.45, 2.75) is 6.54 Å². The Balaban J connectivity index is 1.61. The summed E-state index contributed by atoms with van der Waals surface area (Å²) in [6, 6.07) is 20.0. The van der Waals surface area contributed by atoms with Crippen molar-refractivity contribution in [2.24, 2.45) is 0 Å². The highest BCUT2D eigenvalue weighted by molar-refractivity contribution is 5.75. The van der Waals surface area contributed by atoms with Gasteiger partial charge in [0.1, 0.15) is 18.1 Å². The molecule has 0 spiro atoms. The van der Waals surface area contributed by atoms with Crippen molar-refractivity contribution in [3.8, 4) is 28.5 Å². The fourth-order valence-electron chi connectivity index (χ4n) is 2.78. The van der Waals surface area contributed by atoms with Crippen molar-refractivity contribution in [3.63, 3.8) is 0 Å².